The van der Waals surface area contributed by atoms with Crippen LogP contribution in [-0.2, 0) is 6.54 Å². The Bertz CT molecular complexity index is 931. The maximum atomic E-state index is 9.41. The second-order valence-electron chi connectivity index (χ2n) is 5.65. The predicted octanol–water partition coefficient (Wildman–Crippen LogP) is 3.08. The third kappa shape index (κ3) is 2.74. The monoisotopic (exact) mass is 322 g/mol. The lowest BCUT2D eigenvalue weighted by Gasteiger charge is -2.07. The Morgan fingerprint density at radius 2 is 2.08 bits per heavy atom. The van der Waals surface area contributed by atoms with Crippen molar-refractivity contribution >= 4 is 5.82 Å². The fourth-order valence-electron chi connectivity index (χ4n) is 2.62. The summed E-state index contributed by atoms with van der Waals surface area (Å²) >= 11 is 0. The van der Waals surface area contributed by atoms with Gasteiger partial charge in [-0.25, -0.2) is 4.98 Å². The number of nitriles is 1. The van der Waals surface area contributed by atoms with Gasteiger partial charge in [-0.2, -0.15) is 10.4 Å². The van der Waals surface area contributed by atoms with E-state index in [1.807, 2.05) is 24.7 Å². The Hall–Kier alpha value is -3.14. The van der Waals surface area contributed by atoms with E-state index in [2.05, 4.69) is 28.2 Å². The van der Waals surface area contributed by atoms with Crippen molar-refractivity contribution in [2.24, 2.45) is 0 Å². The van der Waals surface area contributed by atoms with E-state index in [1.165, 1.54) is 0 Å². The molecule has 0 saturated heterocycles. The summed E-state index contributed by atoms with van der Waals surface area (Å²) in [6.07, 6.45) is 2.94. The molecule has 0 aliphatic heterocycles. The van der Waals surface area contributed by atoms with Crippen molar-refractivity contribution in [2.45, 2.75) is 33.7 Å². The molecule has 0 saturated carbocycles. The summed E-state index contributed by atoms with van der Waals surface area (Å²) in [4.78, 5) is 4.38. The molecule has 3 heterocycles. The normalized spacial score (nSPS) is 10.8. The average molecular weight is 322 g/mol. The summed E-state index contributed by atoms with van der Waals surface area (Å²) in [5, 5.41) is 17.8. The first-order chi connectivity index (χ1) is 11.5. The summed E-state index contributed by atoms with van der Waals surface area (Å²) in [5.41, 5.74) is 10.0. The van der Waals surface area contributed by atoms with Crippen molar-refractivity contribution < 1.29 is 4.52 Å². The van der Waals surface area contributed by atoms with Gasteiger partial charge < -0.3 is 10.3 Å². The quantitative estimate of drug-likeness (QED) is 0.791. The molecule has 0 aromatic carbocycles. The lowest BCUT2D eigenvalue weighted by Crippen LogP contribution is -1.99. The molecule has 0 bridgehead atoms. The van der Waals surface area contributed by atoms with Crippen molar-refractivity contribution in [3.63, 3.8) is 0 Å². The highest BCUT2D eigenvalue weighted by atomic mass is 16.5. The van der Waals surface area contributed by atoms with Crippen LogP contribution in [0.25, 0.3) is 22.6 Å². The highest BCUT2D eigenvalue weighted by molar-refractivity contribution is 5.78. The van der Waals surface area contributed by atoms with Crippen molar-refractivity contribution in [1.29, 1.82) is 5.26 Å². The molecule has 0 aliphatic carbocycles. The summed E-state index contributed by atoms with van der Waals surface area (Å²) in [6, 6.07) is 5.67. The minimum Gasteiger partial charge on any atom is -0.383 e. The molecule has 3 aromatic heterocycles. The fraction of sp³-hybridized carbons (Fsp3) is 0.294. The van der Waals surface area contributed by atoms with Crippen molar-refractivity contribution in [3.8, 4) is 28.7 Å². The van der Waals surface area contributed by atoms with E-state index in [0.29, 0.717) is 17.0 Å². The third-order valence-electron chi connectivity index (χ3n) is 3.73. The molecule has 0 unspecified atom stereocenters. The zero-order valence-electron chi connectivity index (χ0n) is 13.9. The molecule has 2 N–H and O–H groups in total. The number of aromatic nitrogens is 4. The van der Waals surface area contributed by atoms with Gasteiger partial charge in [-0.05, 0) is 26.3 Å². The summed E-state index contributed by atoms with van der Waals surface area (Å²) in [5.74, 6) is 0.666. The average Bonchev–Trinajstić information content (AvgIpc) is 3.13. The highest BCUT2D eigenvalue weighted by Crippen LogP contribution is 2.32. The van der Waals surface area contributed by atoms with Crippen LogP contribution in [0.1, 0.15) is 30.3 Å². The molecular weight excluding hydrogens is 304 g/mol. The molecule has 0 fully saturated rings. The fourth-order valence-corrected chi connectivity index (χ4v) is 2.62. The third-order valence-corrected chi connectivity index (χ3v) is 3.73. The number of hydrogen-bond acceptors (Lipinski definition) is 6. The van der Waals surface area contributed by atoms with E-state index in [4.69, 9.17) is 10.3 Å². The molecule has 3 aromatic rings. The number of aryl methyl sites for hydroxylation is 3. The SMILES string of the molecule is CCCn1cc(-c2cc(-c3cc(C)no3)c(C#N)c(N)n2)c(C)n1. The van der Waals surface area contributed by atoms with Crippen LogP contribution in [0.3, 0.4) is 0 Å². The van der Waals surface area contributed by atoms with E-state index >= 15 is 0 Å². The van der Waals surface area contributed by atoms with Crippen molar-refractivity contribution in [1.82, 2.24) is 19.9 Å². The zero-order chi connectivity index (χ0) is 17.3. The predicted molar refractivity (Wildman–Crippen MR) is 89.8 cm³/mol. The number of nitrogen functional groups attached to an aromatic ring is 1. The van der Waals surface area contributed by atoms with Crippen molar-refractivity contribution in [3.05, 3.63) is 35.3 Å². The smallest absolute Gasteiger partial charge is 0.168 e. The van der Waals surface area contributed by atoms with Gasteiger partial charge in [-0.1, -0.05) is 12.1 Å². The van der Waals surface area contributed by atoms with Crippen molar-refractivity contribution in [2.75, 3.05) is 5.73 Å². The van der Waals surface area contributed by atoms with Crippen LogP contribution in [0.15, 0.2) is 22.9 Å². The molecular formula is C17H18N6O. The Morgan fingerprint density at radius 3 is 2.71 bits per heavy atom. The number of pyridine rings is 1. The van der Waals surface area contributed by atoms with Gasteiger partial charge in [0.2, 0.25) is 0 Å². The maximum Gasteiger partial charge on any atom is 0.168 e. The van der Waals surface area contributed by atoms with E-state index in [9.17, 15) is 5.26 Å². The molecule has 3 rings (SSSR count). The van der Waals surface area contributed by atoms with Gasteiger partial charge in [0, 0.05) is 29.9 Å². The second-order valence-corrected chi connectivity index (χ2v) is 5.65. The first kappa shape index (κ1) is 15.7. The largest absolute Gasteiger partial charge is 0.383 e. The number of anilines is 1. The Balaban J connectivity index is 2.17. The first-order valence-electron chi connectivity index (χ1n) is 7.72. The molecule has 0 aliphatic rings. The molecule has 0 spiro atoms. The summed E-state index contributed by atoms with van der Waals surface area (Å²) in [7, 11) is 0. The van der Waals surface area contributed by atoms with Gasteiger partial charge in [0.25, 0.3) is 0 Å². The Morgan fingerprint density at radius 1 is 1.29 bits per heavy atom. The van der Waals surface area contributed by atoms with Gasteiger partial charge in [0.1, 0.15) is 17.5 Å². The van der Waals surface area contributed by atoms with Crippen LogP contribution in [-0.4, -0.2) is 19.9 Å². The number of nitrogens with zero attached hydrogens (tertiary/aromatic N) is 5. The van der Waals surface area contributed by atoms with E-state index in [1.54, 1.807) is 12.1 Å². The number of rotatable bonds is 4. The van der Waals surface area contributed by atoms with E-state index in [0.717, 1.165) is 29.9 Å². The molecule has 122 valence electrons. The minimum absolute atomic E-state index is 0.168. The van der Waals surface area contributed by atoms with Crippen LogP contribution >= 0.6 is 0 Å². The second kappa shape index (κ2) is 6.16. The molecule has 24 heavy (non-hydrogen) atoms. The van der Waals surface area contributed by atoms with Gasteiger partial charge in [0.05, 0.1) is 17.1 Å². The lowest BCUT2D eigenvalue weighted by molar-refractivity contribution is 0.427. The Kier molecular flexibility index (Phi) is 4.04. The van der Waals surface area contributed by atoms with Gasteiger partial charge in [0.15, 0.2) is 5.76 Å². The van der Waals surface area contributed by atoms with Gasteiger partial charge in [-0.3, -0.25) is 4.68 Å². The van der Waals surface area contributed by atoms with Gasteiger partial charge in [-0.15, -0.1) is 0 Å². The van der Waals surface area contributed by atoms with E-state index < -0.39 is 0 Å². The van der Waals surface area contributed by atoms with Crippen LogP contribution in [0.4, 0.5) is 5.82 Å². The molecule has 0 amide bonds. The summed E-state index contributed by atoms with van der Waals surface area (Å²) < 4.78 is 7.20. The van der Waals surface area contributed by atoms with Gasteiger partial charge >= 0.3 is 0 Å². The minimum atomic E-state index is 0.168. The lowest BCUT2D eigenvalue weighted by atomic mass is 10.0. The Labute approximate surface area is 139 Å². The molecule has 7 heteroatoms. The highest BCUT2D eigenvalue weighted by Gasteiger charge is 2.18. The molecule has 0 radical (unpaired) electrons. The van der Waals surface area contributed by atoms with Crippen LogP contribution < -0.4 is 5.73 Å². The molecule has 7 nitrogen and oxygen atoms in total. The van der Waals surface area contributed by atoms with E-state index in [-0.39, 0.29) is 11.4 Å². The van der Waals surface area contributed by atoms with Crippen LogP contribution in [0.5, 0.6) is 0 Å². The summed E-state index contributed by atoms with van der Waals surface area (Å²) in [6.45, 7) is 6.68. The van der Waals surface area contributed by atoms with Crippen LogP contribution in [0.2, 0.25) is 0 Å². The number of nitrogens with two attached hydrogens (primary N) is 1. The maximum absolute atomic E-state index is 9.41. The standard InChI is InChI=1S/C17H18N6O/c1-4-5-23-9-14(11(3)21-23)15-7-12(13(8-18)17(19)20-15)16-6-10(2)22-24-16/h6-7,9H,4-5H2,1-3H3,(H2,19,20). The zero-order valence-corrected chi connectivity index (χ0v) is 13.9. The first-order valence-corrected chi connectivity index (χ1v) is 7.72. The topological polar surface area (TPSA) is 107 Å². The molecule has 0 atom stereocenters. The number of hydrogen-bond donors (Lipinski definition) is 1. The van der Waals surface area contributed by atoms with Crippen LogP contribution in [0, 0.1) is 25.2 Å².